The summed E-state index contributed by atoms with van der Waals surface area (Å²) in [6, 6.07) is 55.1. The average molecular weight is 575 g/mol. The van der Waals surface area contributed by atoms with Crippen molar-refractivity contribution in [2.24, 2.45) is 0 Å². The number of benzene rings is 7. The smallest absolute Gasteiger partial charge is 0.164 e. The molecule has 0 bridgehead atoms. The highest BCUT2D eigenvalue weighted by Crippen LogP contribution is 2.36. The Morgan fingerprint density at radius 3 is 1.58 bits per heavy atom. The summed E-state index contributed by atoms with van der Waals surface area (Å²) in [5.74, 6) is 1.95. The first-order valence-corrected chi connectivity index (χ1v) is 15.1. The maximum absolute atomic E-state index is 5.08. The molecule has 0 N–H and O–H groups in total. The van der Waals surface area contributed by atoms with Crippen LogP contribution in [0.1, 0.15) is 0 Å². The zero-order valence-electron chi connectivity index (χ0n) is 24.3. The first-order valence-electron chi connectivity index (χ1n) is 15.1. The van der Waals surface area contributed by atoms with Crippen molar-refractivity contribution in [1.29, 1.82) is 0 Å². The minimum atomic E-state index is 0.644. The van der Waals surface area contributed by atoms with Crippen LogP contribution in [0.3, 0.4) is 0 Å². The highest BCUT2D eigenvalue weighted by atomic mass is 15.0. The number of aromatic nitrogens is 4. The van der Waals surface area contributed by atoms with E-state index in [-0.39, 0.29) is 0 Å². The van der Waals surface area contributed by atoms with Gasteiger partial charge in [0.05, 0.1) is 16.7 Å². The number of para-hydroxylation sites is 2. The fourth-order valence-corrected chi connectivity index (χ4v) is 6.45. The summed E-state index contributed by atoms with van der Waals surface area (Å²) in [6.07, 6.45) is 0. The van der Waals surface area contributed by atoms with Crippen molar-refractivity contribution in [3.05, 3.63) is 158 Å². The summed E-state index contributed by atoms with van der Waals surface area (Å²) in [7, 11) is 0. The largest absolute Gasteiger partial charge is 0.309 e. The van der Waals surface area contributed by atoms with E-state index in [4.69, 9.17) is 15.0 Å². The lowest BCUT2D eigenvalue weighted by atomic mass is 10.0. The lowest BCUT2D eigenvalue weighted by Crippen LogP contribution is -2.00. The lowest BCUT2D eigenvalue weighted by molar-refractivity contribution is 1.07. The van der Waals surface area contributed by atoms with Gasteiger partial charge in [0.15, 0.2) is 17.5 Å². The Labute approximate surface area is 259 Å². The third-order valence-electron chi connectivity index (χ3n) is 8.61. The second-order valence-corrected chi connectivity index (χ2v) is 11.3. The summed E-state index contributed by atoms with van der Waals surface area (Å²) < 4.78 is 2.38. The monoisotopic (exact) mass is 574 g/mol. The molecule has 4 heteroatoms. The normalized spacial score (nSPS) is 11.6. The van der Waals surface area contributed by atoms with Gasteiger partial charge in [-0.15, -0.1) is 0 Å². The Morgan fingerprint density at radius 1 is 0.333 bits per heavy atom. The highest BCUT2D eigenvalue weighted by Gasteiger charge is 2.16. The summed E-state index contributed by atoms with van der Waals surface area (Å²) in [5, 5.41) is 7.11. The fraction of sp³-hybridized carbons (Fsp3) is 0. The molecule has 0 unspecified atom stereocenters. The first kappa shape index (κ1) is 25.4. The van der Waals surface area contributed by atoms with Crippen LogP contribution in [-0.4, -0.2) is 19.5 Å². The van der Waals surface area contributed by atoms with Gasteiger partial charge in [0.2, 0.25) is 0 Å². The number of hydrogen-bond acceptors (Lipinski definition) is 3. The van der Waals surface area contributed by atoms with Gasteiger partial charge >= 0.3 is 0 Å². The van der Waals surface area contributed by atoms with E-state index in [1.54, 1.807) is 0 Å². The molecule has 210 valence electrons. The molecule has 2 aromatic heterocycles. The topological polar surface area (TPSA) is 43.6 Å². The van der Waals surface area contributed by atoms with Crippen molar-refractivity contribution < 1.29 is 0 Å². The summed E-state index contributed by atoms with van der Waals surface area (Å²) in [4.78, 5) is 15.1. The maximum Gasteiger partial charge on any atom is 0.164 e. The van der Waals surface area contributed by atoms with Crippen LogP contribution >= 0.6 is 0 Å². The Morgan fingerprint density at radius 2 is 0.867 bits per heavy atom. The summed E-state index contributed by atoms with van der Waals surface area (Å²) in [5.41, 5.74) is 6.34. The molecule has 0 amide bonds. The van der Waals surface area contributed by atoms with Crippen LogP contribution in [0.4, 0.5) is 0 Å². The van der Waals surface area contributed by atoms with E-state index in [0.29, 0.717) is 17.5 Å². The van der Waals surface area contributed by atoms with Gasteiger partial charge in [-0.05, 0) is 46.5 Å². The molecule has 0 radical (unpaired) electrons. The van der Waals surface area contributed by atoms with Crippen LogP contribution in [0.15, 0.2) is 158 Å². The lowest BCUT2D eigenvalue weighted by Gasteiger charge is -2.13. The van der Waals surface area contributed by atoms with Gasteiger partial charge in [-0.2, -0.15) is 0 Å². The minimum absolute atomic E-state index is 0.644. The predicted octanol–water partition coefficient (Wildman–Crippen LogP) is 10.3. The number of fused-ring (bicyclic) bond motifs is 5. The summed E-state index contributed by atoms with van der Waals surface area (Å²) in [6.45, 7) is 0. The number of hydrogen-bond donors (Lipinski definition) is 0. The van der Waals surface area contributed by atoms with Gasteiger partial charge in [0.1, 0.15) is 0 Å². The van der Waals surface area contributed by atoms with Gasteiger partial charge in [-0.25, -0.2) is 15.0 Å². The number of rotatable bonds is 4. The van der Waals surface area contributed by atoms with Crippen molar-refractivity contribution in [2.45, 2.75) is 0 Å². The molecule has 0 aliphatic carbocycles. The third kappa shape index (κ3) is 4.27. The average Bonchev–Trinajstić information content (AvgIpc) is 3.45. The van der Waals surface area contributed by atoms with E-state index in [2.05, 4.69) is 132 Å². The standard InChI is InChI=1S/C41H26N4/c1-2-12-29(13-3-1)39-42-40(31-23-21-27-11-4-5-14-30(27)25-31)44-41(43-39)32-24-22-28-15-10-20-38(35(28)26-32)45-36-18-8-6-16-33(36)34-17-7-9-19-37(34)45/h1-26H. The molecular weight excluding hydrogens is 548 g/mol. The van der Waals surface area contributed by atoms with Gasteiger partial charge in [-0.1, -0.05) is 127 Å². The fourth-order valence-electron chi connectivity index (χ4n) is 6.45. The Hall–Kier alpha value is -6.13. The third-order valence-corrected chi connectivity index (χ3v) is 8.61. The van der Waals surface area contributed by atoms with Crippen LogP contribution in [0.25, 0.3) is 83.2 Å². The van der Waals surface area contributed by atoms with E-state index in [9.17, 15) is 0 Å². The van der Waals surface area contributed by atoms with Gasteiger partial charge in [-0.3, -0.25) is 0 Å². The van der Waals surface area contributed by atoms with Crippen LogP contribution in [0.2, 0.25) is 0 Å². The SMILES string of the molecule is c1ccc(-c2nc(-c3ccc4ccccc4c3)nc(-c3ccc4cccc(-n5c6ccccc6c6ccccc65)c4c3)n2)cc1. The molecule has 0 atom stereocenters. The van der Waals surface area contributed by atoms with Crippen molar-refractivity contribution in [3.63, 3.8) is 0 Å². The molecule has 0 spiro atoms. The van der Waals surface area contributed by atoms with Crippen molar-refractivity contribution in [1.82, 2.24) is 19.5 Å². The van der Waals surface area contributed by atoms with E-state index >= 15 is 0 Å². The molecular formula is C41H26N4. The van der Waals surface area contributed by atoms with E-state index < -0.39 is 0 Å². The van der Waals surface area contributed by atoms with E-state index in [1.165, 1.54) is 27.2 Å². The molecule has 0 aliphatic heterocycles. The van der Waals surface area contributed by atoms with Crippen LogP contribution in [0.5, 0.6) is 0 Å². The van der Waals surface area contributed by atoms with Crippen LogP contribution < -0.4 is 0 Å². The maximum atomic E-state index is 5.08. The molecule has 2 heterocycles. The highest BCUT2D eigenvalue weighted by molar-refractivity contribution is 6.10. The Balaban J connectivity index is 1.27. The second kappa shape index (κ2) is 10.2. The molecule has 0 aliphatic rings. The second-order valence-electron chi connectivity index (χ2n) is 11.3. The molecule has 45 heavy (non-hydrogen) atoms. The molecule has 0 fully saturated rings. The molecule has 9 aromatic rings. The minimum Gasteiger partial charge on any atom is -0.309 e. The van der Waals surface area contributed by atoms with Crippen molar-refractivity contribution in [3.8, 4) is 39.9 Å². The molecule has 4 nitrogen and oxygen atoms in total. The molecule has 9 rings (SSSR count). The van der Waals surface area contributed by atoms with E-state index in [1.807, 2.05) is 30.3 Å². The zero-order chi connectivity index (χ0) is 29.7. The Kier molecular flexibility index (Phi) is 5.78. The van der Waals surface area contributed by atoms with Crippen molar-refractivity contribution in [2.75, 3.05) is 0 Å². The summed E-state index contributed by atoms with van der Waals surface area (Å²) >= 11 is 0. The van der Waals surface area contributed by atoms with E-state index in [0.717, 1.165) is 38.5 Å². The van der Waals surface area contributed by atoms with Crippen LogP contribution in [0, 0.1) is 0 Å². The molecule has 7 aromatic carbocycles. The quantitative estimate of drug-likeness (QED) is 0.210. The van der Waals surface area contributed by atoms with Gasteiger partial charge in [0, 0.05) is 32.8 Å². The zero-order valence-corrected chi connectivity index (χ0v) is 24.3. The number of nitrogens with zero attached hydrogens (tertiary/aromatic N) is 4. The molecule has 0 saturated carbocycles. The Bertz CT molecular complexity index is 2490. The van der Waals surface area contributed by atoms with Crippen molar-refractivity contribution >= 4 is 43.4 Å². The first-order chi connectivity index (χ1) is 22.3. The van der Waals surface area contributed by atoms with Crippen LogP contribution in [-0.2, 0) is 0 Å². The van der Waals surface area contributed by atoms with Gasteiger partial charge < -0.3 is 4.57 Å². The molecule has 0 saturated heterocycles. The van der Waals surface area contributed by atoms with Gasteiger partial charge in [0.25, 0.3) is 0 Å². The predicted molar refractivity (Wildman–Crippen MR) is 185 cm³/mol.